The molecule has 1 aromatic rings. The molecule has 2 rings (SSSR count). The van der Waals surface area contributed by atoms with Crippen LogP contribution in [0.5, 0.6) is 0 Å². The average molecular weight is 257 g/mol. The van der Waals surface area contributed by atoms with Crippen molar-refractivity contribution >= 4 is 17.5 Å². The number of hydrogen-bond acceptors (Lipinski definition) is 3. The number of nitrogens with zero attached hydrogens (tertiary/aromatic N) is 1. The maximum absolute atomic E-state index is 11.8. The van der Waals surface area contributed by atoms with Crippen molar-refractivity contribution < 1.29 is 14.7 Å². The van der Waals surface area contributed by atoms with Crippen LogP contribution < -0.4 is 4.90 Å². The standard InChI is InChI=1S/C15H15NO3/c17-10-2-1-5-12-6-3-7-13(11-12)16-14(18)8-4-9-15(16)19/h3,6-7,11,17H,2,4,8-10H2. The van der Waals surface area contributed by atoms with Crippen molar-refractivity contribution in [2.24, 2.45) is 0 Å². The Labute approximate surface area is 112 Å². The highest BCUT2D eigenvalue weighted by atomic mass is 16.2. The van der Waals surface area contributed by atoms with Crippen LogP contribution in [0, 0.1) is 11.8 Å². The minimum absolute atomic E-state index is 0.0236. The first-order valence-electron chi connectivity index (χ1n) is 6.28. The molecule has 0 saturated carbocycles. The zero-order valence-electron chi connectivity index (χ0n) is 10.6. The Kier molecular flexibility index (Phi) is 4.32. The molecule has 1 fully saturated rings. The molecule has 1 saturated heterocycles. The summed E-state index contributed by atoms with van der Waals surface area (Å²) in [6.07, 6.45) is 1.86. The molecule has 0 spiro atoms. The second kappa shape index (κ2) is 6.17. The van der Waals surface area contributed by atoms with Gasteiger partial charge in [-0.2, -0.15) is 0 Å². The molecule has 0 unspecified atom stereocenters. The minimum Gasteiger partial charge on any atom is -0.395 e. The Morgan fingerprint density at radius 1 is 1.21 bits per heavy atom. The molecule has 0 aromatic heterocycles. The van der Waals surface area contributed by atoms with E-state index in [1.54, 1.807) is 18.2 Å². The van der Waals surface area contributed by atoms with Crippen molar-refractivity contribution in [1.29, 1.82) is 0 Å². The molecule has 1 N–H and O–H groups in total. The van der Waals surface area contributed by atoms with Gasteiger partial charge in [0.1, 0.15) is 0 Å². The molecule has 1 aromatic carbocycles. The van der Waals surface area contributed by atoms with Gasteiger partial charge in [-0.3, -0.25) is 14.5 Å². The van der Waals surface area contributed by atoms with Crippen LogP contribution >= 0.6 is 0 Å². The van der Waals surface area contributed by atoms with Gasteiger partial charge in [0.15, 0.2) is 0 Å². The van der Waals surface area contributed by atoms with Crippen LogP contribution in [0.1, 0.15) is 31.2 Å². The predicted molar refractivity (Wildman–Crippen MR) is 71.4 cm³/mol. The molecule has 1 heterocycles. The van der Waals surface area contributed by atoms with Gasteiger partial charge >= 0.3 is 0 Å². The Morgan fingerprint density at radius 2 is 1.95 bits per heavy atom. The molecule has 0 bridgehead atoms. The Hall–Kier alpha value is -2.12. The van der Waals surface area contributed by atoms with E-state index in [0.717, 1.165) is 5.56 Å². The molecule has 4 nitrogen and oxygen atoms in total. The van der Waals surface area contributed by atoms with E-state index in [1.807, 2.05) is 6.07 Å². The van der Waals surface area contributed by atoms with Gasteiger partial charge in [-0.1, -0.05) is 17.9 Å². The molecule has 0 radical (unpaired) electrons. The molecular weight excluding hydrogens is 242 g/mol. The molecule has 1 aliphatic rings. The lowest BCUT2D eigenvalue weighted by molar-refractivity contribution is -0.129. The van der Waals surface area contributed by atoms with Gasteiger partial charge < -0.3 is 5.11 Å². The number of aliphatic hydroxyl groups excluding tert-OH is 1. The fourth-order valence-electron chi connectivity index (χ4n) is 1.98. The van der Waals surface area contributed by atoms with Crippen molar-refractivity contribution in [2.75, 3.05) is 11.5 Å². The summed E-state index contributed by atoms with van der Waals surface area (Å²) in [5.74, 6) is 5.40. The molecular formula is C15H15NO3. The summed E-state index contributed by atoms with van der Waals surface area (Å²) in [5, 5.41) is 8.67. The lowest BCUT2D eigenvalue weighted by atomic mass is 10.1. The summed E-state index contributed by atoms with van der Waals surface area (Å²) in [4.78, 5) is 24.9. The summed E-state index contributed by atoms with van der Waals surface area (Å²) in [5.41, 5.74) is 1.31. The molecule has 19 heavy (non-hydrogen) atoms. The quantitative estimate of drug-likeness (QED) is 0.644. The molecule has 1 aliphatic heterocycles. The largest absolute Gasteiger partial charge is 0.395 e. The van der Waals surface area contributed by atoms with E-state index < -0.39 is 0 Å². The van der Waals surface area contributed by atoms with Crippen LogP contribution in [0.3, 0.4) is 0 Å². The third-order valence-electron chi connectivity index (χ3n) is 2.85. The summed E-state index contributed by atoms with van der Waals surface area (Å²) in [6, 6.07) is 7.05. The summed E-state index contributed by atoms with van der Waals surface area (Å²) in [6.45, 7) is 0.0236. The van der Waals surface area contributed by atoms with Gasteiger partial charge in [0.25, 0.3) is 0 Å². The molecule has 4 heteroatoms. The number of benzene rings is 1. The van der Waals surface area contributed by atoms with Crippen LogP contribution in [0.25, 0.3) is 0 Å². The van der Waals surface area contributed by atoms with Gasteiger partial charge in [-0.05, 0) is 24.6 Å². The SMILES string of the molecule is O=C1CCCC(=O)N1c1cccc(C#CCCO)c1. The van der Waals surface area contributed by atoms with Gasteiger partial charge in [0, 0.05) is 24.8 Å². The number of aliphatic hydroxyl groups is 1. The first-order valence-corrected chi connectivity index (χ1v) is 6.28. The number of amides is 2. The van der Waals surface area contributed by atoms with Crippen LogP contribution in [-0.2, 0) is 9.59 Å². The number of anilines is 1. The number of piperidine rings is 1. The smallest absolute Gasteiger partial charge is 0.233 e. The maximum Gasteiger partial charge on any atom is 0.233 e. The Bertz CT molecular complexity index is 538. The fourth-order valence-corrected chi connectivity index (χ4v) is 1.98. The van der Waals surface area contributed by atoms with Gasteiger partial charge in [-0.15, -0.1) is 0 Å². The average Bonchev–Trinajstić information content (AvgIpc) is 2.39. The fraction of sp³-hybridized carbons (Fsp3) is 0.333. The molecule has 0 aliphatic carbocycles. The van der Waals surface area contributed by atoms with Crippen molar-refractivity contribution in [3.8, 4) is 11.8 Å². The first kappa shape index (κ1) is 13.3. The normalized spacial score (nSPS) is 15.1. The number of hydrogen-bond donors (Lipinski definition) is 1. The monoisotopic (exact) mass is 257 g/mol. The predicted octanol–water partition coefficient (Wildman–Crippen LogP) is 1.46. The van der Waals surface area contributed by atoms with E-state index in [0.29, 0.717) is 31.4 Å². The molecule has 98 valence electrons. The van der Waals surface area contributed by atoms with Crippen molar-refractivity contribution in [3.05, 3.63) is 29.8 Å². The van der Waals surface area contributed by atoms with Crippen LogP contribution in [-0.4, -0.2) is 23.5 Å². The van der Waals surface area contributed by atoms with E-state index in [1.165, 1.54) is 4.90 Å². The highest BCUT2D eigenvalue weighted by Crippen LogP contribution is 2.22. The zero-order chi connectivity index (χ0) is 13.7. The van der Waals surface area contributed by atoms with Gasteiger partial charge in [0.2, 0.25) is 11.8 Å². The number of carbonyl (C=O) groups excluding carboxylic acids is 2. The molecule has 2 amide bonds. The van der Waals surface area contributed by atoms with E-state index in [9.17, 15) is 9.59 Å². The van der Waals surface area contributed by atoms with Gasteiger partial charge in [0.05, 0.1) is 12.3 Å². The third-order valence-corrected chi connectivity index (χ3v) is 2.85. The van der Waals surface area contributed by atoms with Crippen LogP contribution in [0.4, 0.5) is 5.69 Å². The Balaban J connectivity index is 2.25. The topological polar surface area (TPSA) is 57.6 Å². The summed E-state index contributed by atoms with van der Waals surface area (Å²) >= 11 is 0. The third kappa shape index (κ3) is 3.21. The lowest BCUT2D eigenvalue weighted by Crippen LogP contribution is -2.40. The minimum atomic E-state index is -0.156. The highest BCUT2D eigenvalue weighted by molar-refractivity contribution is 6.16. The number of rotatable bonds is 2. The van der Waals surface area contributed by atoms with Gasteiger partial charge in [-0.25, -0.2) is 0 Å². The van der Waals surface area contributed by atoms with Crippen molar-refractivity contribution in [1.82, 2.24) is 0 Å². The zero-order valence-corrected chi connectivity index (χ0v) is 10.6. The van der Waals surface area contributed by atoms with E-state index in [-0.39, 0.29) is 18.4 Å². The summed E-state index contributed by atoms with van der Waals surface area (Å²) < 4.78 is 0. The van der Waals surface area contributed by atoms with E-state index >= 15 is 0 Å². The highest BCUT2D eigenvalue weighted by Gasteiger charge is 2.27. The van der Waals surface area contributed by atoms with Crippen LogP contribution in [0.2, 0.25) is 0 Å². The van der Waals surface area contributed by atoms with Crippen LogP contribution in [0.15, 0.2) is 24.3 Å². The van der Waals surface area contributed by atoms with E-state index in [4.69, 9.17) is 5.11 Å². The second-order valence-electron chi connectivity index (χ2n) is 4.30. The summed E-state index contributed by atoms with van der Waals surface area (Å²) in [7, 11) is 0. The maximum atomic E-state index is 11.8. The Morgan fingerprint density at radius 3 is 2.63 bits per heavy atom. The van der Waals surface area contributed by atoms with Crippen molar-refractivity contribution in [3.63, 3.8) is 0 Å². The molecule has 0 atom stereocenters. The number of imide groups is 1. The number of carbonyl (C=O) groups is 2. The van der Waals surface area contributed by atoms with Crippen molar-refractivity contribution in [2.45, 2.75) is 25.7 Å². The first-order chi connectivity index (χ1) is 9.22. The lowest BCUT2D eigenvalue weighted by Gasteiger charge is -2.24. The van der Waals surface area contributed by atoms with E-state index in [2.05, 4.69) is 11.8 Å². The second-order valence-corrected chi connectivity index (χ2v) is 4.30.